The van der Waals surface area contributed by atoms with Gasteiger partial charge in [-0.1, -0.05) is 0 Å². The zero-order valence-electron chi connectivity index (χ0n) is 16.1. The number of benzene rings is 1. The van der Waals surface area contributed by atoms with E-state index >= 15 is 0 Å². The second kappa shape index (κ2) is 8.70. The number of nitrogens with one attached hydrogen (secondary N) is 1. The Morgan fingerprint density at radius 2 is 1.83 bits per heavy atom. The molecule has 7 heteroatoms. The van der Waals surface area contributed by atoms with Crippen molar-refractivity contribution in [2.24, 2.45) is 0 Å². The monoisotopic (exact) mass is 404 g/mol. The van der Waals surface area contributed by atoms with E-state index in [0.29, 0.717) is 12.5 Å². The summed E-state index contributed by atoms with van der Waals surface area (Å²) in [6.45, 7) is 0.540. The molecule has 0 unspecified atom stereocenters. The molecule has 0 aliphatic carbocycles. The maximum Gasteiger partial charge on any atom is 0.223 e. The summed E-state index contributed by atoms with van der Waals surface area (Å²) in [6, 6.07) is 11.7. The molecule has 1 aromatic carbocycles. The van der Waals surface area contributed by atoms with Crippen LogP contribution in [0.5, 0.6) is 11.5 Å². The number of ether oxygens (including phenoxy) is 2. The number of rotatable bonds is 7. The molecule has 3 aromatic heterocycles. The van der Waals surface area contributed by atoms with E-state index in [4.69, 9.17) is 14.5 Å². The molecule has 0 saturated carbocycles. The van der Waals surface area contributed by atoms with Gasteiger partial charge in [-0.3, -0.25) is 4.98 Å². The van der Waals surface area contributed by atoms with Crippen molar-refractivity contribution in [1.82, 2.24) is 15.0 Å². The number of nitrogens with zero attached hydrogens (tertiary/aromatic N) is 3. The van der Waals surface area contributed by atoms with Gasteiger partial charge in [0.1, 0.15) is 11.5 Å². The third-order valence-electron chi connectivity index (χ3n) is 4.42. The van der Waals surface area contributed by atoms with Gasteiger partial charge in [-0.25, -0.2) is 9.97 Å². The zero-order valence-corrected chi connectivity index (χ0v) is 16.9. The van der Waals surface area contributed by atoms with Crippen molar-refractivity contribution in [3.05, 3.63) is 71.3 Å². The molecule has 3 heterocycles. The number of aromatic nitrogens is 3. The first-order valence-corrected chi connectivity index (χ1v) is 9.97. The molecule has 0 fully saturated rings. The molecule has 0 spiro atoms. The third-order valence-corrected chi connectivity index (χ3v) is 5.10. The maximum atomic E-state index is 5.34. The van der Waals surface area contributed by atoms with Crippen LogP contribution in [0.3, 0.4) is 0 Å². The van der Waals surface area contributed by atoms with E-state index in [-0.39, 0.29) is 0 Å². The Balaban J connectivity index is 1.64. The van der Waals surface area contributed by atoms with Crippen molar-refractivity contribution < 1.29 is 9.47 Å². The van der Waals surface area contributed by atoms with Gasteiger partial charge in [0.05, 0.1) is 19.9 Å². The minimum Gasteiger partial charge on any atom is -0.497 e. The van der Waals surface area contributed by atoms with E-state index in [1.807, 2.05) is 48.1 Å². The average molecular weight is 404 g/mol. The van der Waals surface area contributed by atoms with Crippen LogP contribution in [0.4, 0.5) is 5.95 Å². The highest BCUT2D eigenvalue weighted by Gasteiger charge is 2.12. The van der Waals surface area contributed by atoms with Gasteiger partial charge in [0.15, 0.2) is 0 Å². The van der Waals surface area contributed by atoms with Crippen LogP contribution in [0, 0.1) is 0 Å². The van der Waals surface area contributed by atoms with Crippen LogP contribution in [0.2, 0.25) is 0 Å². The minimum atomic E-state index is 0.540. The Morgan fingerprint density at radius 1 is 1.00 bits per heavy atom. The first kappa shape index (κ1) is 18.9. The summed E-state index contributed by atoms with van der Waals surface area (Å²) in [5.74, 6) is 2.03. The van der Waals surface area contributed by atoms with Crippen LogP contribution in [-0.4, -0.2) is 29.2 Å². The van der Waals surface area contributed by atoms with Gasteiger partial charge in [-0.05, 0) is 52.2 Å². The lowest BCUT2D eigenvalue weighted by atomic mass is 10.0. The number of hydrogen-bond acceptors (Lipinski definition) is 7. The maximum absolute atomic E-state index is 5.34. The summed E-state index contributed by atoms with van der Waals surface area (Å²) in [6.07, 6.45) is 5.42. The molecule has 0 saturated heterocycles. The zero-order chi connectivity index (χ0) is 20.1. The van der Waals surface area contributed by atoms with Crippen molar-refractivity contribution in [2.45, 2.75) is 6.54 Å². The highest BCUT2D eigenvalue weighted by atomic mass is 32.1. The van der Waals surface area contributed by atoms with Gasteiger partial charge in [0.2, 0.25) is 5.95 Å². The molecule has 0 atom stereocenters. The molecule has 0 bridgehead atoms. The highest BCUT2D eigenvalue weighted by molar-refractivity contribution is 7.08. The van der Waals surface area contributed by atoms with Crippen LogP contribution < -0.4 is 14.8 Å². The minimum absolute atomic E-state index is 0.540. The smallest absolute Gasteiger partial charge is 0.223 e. The van der Waals surface area contributed by atoms with E-state index in [1.165, 1.54) is 0 Å². The molecule has 4 aromatic rings. The van der Waals surface area contributed by atoms with Crippen LogP contribution in [-0.2, 0) is 6.54 Å². The molecule has 1 N–H and O–H groups in total. The van der Waals surface area contributed by atoms with Crippen LogP contribution in [0.1, 0.15) is 5.56 Å². The predicted molar refractivity (Wildman–Crippen MR) is 115 cm³/mol. The van der Waals surface area contributed by atoms with Crippen molar-refractivity contribution in [3.63, 3.8) is 0 Å². The summed E-state index contributed by atoms with van der Waals surface area (Å²) in [7, 11) is 3.27. The van der Waals surface area contributed by atoms with Gasteiger partial charge in [0.25, 0.3) is 0 Å². The molecule has 4 rings (SSSR count). The fourth-order valence-electron chi connectivity index (χ4n) is 2.97. The lowest BCUT2D eigenvalue weighted by molar-refractivity contribution is 0.393. The van der Waals surface area contributed by atoms with E-state index in [2.05, 4.69) is 26.7 Å². The van der Waals surface area contributed by atoms with Crippen molar-refractivity contribution in [2.75, 3.05) is 19.5 Å². The van der Waals surface area contributed by atoms with E-state index in [0.717, 1.165) is 39.4 Å². The van der Waals surface area contributed by atoms with Gasteiger partial charge in [-0.15, -0.1) is 0 Å². The van der Waals surface area contributed by atoms with Gasteiger partial charge in [0, 0.05) is 42.3 Å². The molecule has 0 aliphatic heterocycles. The van der Waals surface area contributed by atoms with E-state index < -0.39 is 0 Å². The number of thiophene rings is 1. The van der Waals surface area contributed by atoms with E-state index in [9.17, 15) is 0 Å². The Hall–Kier alpha value is -3.45. The molecule has 29 heavy (non-hydrogen) atoms. The molecular formula is C22H20N4O2S. The quantitative estimate of drug-likeness (QED) is 0.473. The number of pyridine rings is 1. The normalized spacial score (nSPS) is 10.6. The first-order valence-electron chi connectivity index (χ1n) is 9.02. The summed E-state index contributed by atoms with van der Waals surface area (Å²) in [4.78, 5) is 13.5. The van der Waals surface area contributed by atoms with Gasteiger partial charge in [-0.2, -0.15) is 11.3 Å². The molecule has 0 aliphatic rings. The molecule has 0 radical (unpaired) electrons. The Morgan fingerprint density at radius 3 is 2.48 bits per heavy atom. The molecule has 146 valence electrons. The van der Waals surface area contributed by atoms with Crippen LogP contribution in [0.15, 0.2) is 65.7 Å². The highest BCUT2D eigenvalue weighted by Crippen LogP contribution is 2.32. The number of methoxy groups -OCH3 is 2. The second-order valence-corrected chi connectivity index (χ2v) is 7.06. The second-order valence-electron chi connectivity index (χ2n) is 6.28. The van der Waals surface area contributed by atoms with Gasteiger partial charge >= 0.3 is 0 Å². The standard InChI is InChI=1S/C22H20N4O2S/c1-27-18-8-15(9-19(10-18)28-2)11-24-22-25-13-20(17-5-7-29-14-17)21(26-22)16-4-3-6-23-12-16/h3-10,12-14H,11H2,1-2H3,(H,24,25,26). The fraction of sp³-hybridized carbons (Fsp3) is 0.136. The Kier molecular flexibility index (Phi) is 5.67. The largest absolute Gasteiger partial charge is 0.497 e. The Labute approximate surface area is 173 Å². The van der Waals surface area contributed by atoms with Crippen LogP contribution in [0.25, 0.3) is 22.4 Å². The molecule has 6 nitrogen and oxygen atoms in total. The molecule has 0 amide bonds. The number of anilines is 1. The van der Waals surface area contributed by atoms with Crippen molar-refractivity contribution >= 4 is 17.3 Å². The average Bonchev–Trinajstić information content (AvgIpc) is 3.32. The summed E-state index contributed by atoms with van der Waals surface area (Å²) in [5.41, 5.74) is 4.87. The van der Waals surface area contributed by atoms with Crippen molar-refractivity contribution in [1.29, 1.82) is 0 Å². The lowest BCUT2D eigenvalue weighted by Crippen LogP contribution is -2.05. The van der Waals surface area contributed by atoms with Crippen LogP contribution >= 0.6 is 11.3 Å². The lowest BCUT2D eigenvalue weighted by Gasteiger charge is -2.12. The fourth-order valence-corrected chi connectivity index (χ4v) is 3.62. The number of hydrogen-bond donors (Lipinski definition) is 1. The predicted octanol–water partition coefficient (Wildman–Crippen LogP) is 4.90. The Bertz CT molecular complexity index is 1060. The van der Waals surface area contributed by atoms with Gasteiger partial charge < -0.3 is 14.8 Å². The third kappa shape index (κ3) is 4.35. The van der Waals surface area contributed by atoms with Crippen molar-refractivity contribution in [3.8, 4) is 33.9 Å². The first-order chi connectivity index (χ1) is 14.3. The summed E-state index contributed by atoms with van der Waals surface area (Å²) >= 11 is 1.65. The molecular weight excluding hydrogens is 384 g/mol. The summed E-state index contributed by atoms with van der Waals surface area (Å²) < 4.78 is 10.7. The summed E-state index contributed by atoms with van der Waals surface area (Å²) in [5, 5.41) is 7.43. The van der Waals surface area contributed by atoms with E-state index in [1.54, 1.807) is 31.8 Å². The SMILES string of the molecule is COc1cc(CNc2ncc(-c3ccsc3)c(-c3cccnc3)n2)cc(OC)c1. The topological polar surface area (TPSA) is 69.2 Å².